The quantitative estimate of drug-likeness (QED) is 0.757. The fourth-order valence-electron chi connectivity index (χ4n) is 3.21. The van der Waals surface area contributed by atoms with Crippen molar-refractivity contribution in [3.63, 3.8) is 0 Å². The topological polar surface area (TPSA) is 130 Å². The fourth-order valence-corrected chi connectivity index (χ4v) is 3.21. The Labute approximate surface area is 154 Å². The van der Waals surface area contributed by atoms with E-state index in [1.165, 1.54) is 13.2 Å². The van der Waals surface area contributed by atoms with Crippen molar-refractivity contribution in [1.82, 2.24) is 0 Å². The molecule has 1 saturated heterocycles. The number of benzene rings is 1. The lowest BCUT2D eigenvalue weighted by Crippen LogP contribution is -2.65. The minimum atomic E-state index is -1.23. The number of carbonyl (C=O) groups is 1. The van der Waals surface area contributed by atoms with E-state index >= 15 is 0 Å². The SMILES string of the molecule is CO[C@@H]1C(O)C(OC(N)=O)C(Oc2ccc3oc(=O)ccc3c2)OC1(C)C. The van der Waals surface area contributed by atoms with Gasteiger partial charge in [-0.3, -0.25) is 0 Å². The fraction of sp³-hybridized carbons (Fsp3) is 0.444. The molecule has 1 aromatic carbocycles. The average Bonchev–Trinajstić information content (AvgIpc) is 2.58. The van der Waals surface area contributed by atoms with Gasteiger partial charge in [0.05, 0.1) is 5.60 Å². The number of primary amides is 1. The highest BCUT2D eigenvalue weighted by atomic mass is 16.7. The van der Waals surface area contributed by atoms with Gasteiger partial charge in [-0.05, 0) is 38.1 Å². The molecule has 3 unspecified atom stereocenters. The molecule has 1 aromatic heterocycles. The van der Waals surface area contributed by atoms with Crippen LogP contribution in [0.4, 0.5) is 4.79 Å². The first-order valence-corrected chi connectivity index (χ1v) is 8.26. The van der Waals surface area contributed by atoms with Crippen molar-refractivity contribution in [2.45, 2.75) is 44.1 Å². The molecule has 3 N–H and O–H groups in total. The van der Waals surface area contributed by atoms with Gasteiger partial charge in [-0.2, -0.15) is 0 Å². The van der Waals surface area contributed by atoms with Crippen LogP contribution in [-0.4, -0.2) is 48.5 Å². The van der Waals surface area contributed by atoms with E-state index < -0.39 is 41.9 Å². The maximum Gasteiger partial charge on any atom is 0.405 e. The van der Waals surface area contributed by atoms with Crippen LogP contribution in [0.5, 0.6) is 5.75 Å². The number of amides is 1. The molecule has 0 bridgehead atoms. The van der Waals surface area contributed by atoms with E-state index in [1.807, 2.05) is 0 Å². The summed E-state index contributed by atoms with van der Waals surface area (Å²) in [5.74, 6) is 0.360. The summed E-state index contributed by atoms with van der Waals surface area (Å²) in [6.07, 6.45) is -5.42. The summed E-state index contributed by atoms with van der Waals surface area (Å²) in [5.41, 5.74) is 4.12. The number of aliphatic hydroxyl groups is 1. The molecule has 3 rings (SSSR count). The first kappa shape index (κ1) is 19.2. The molecule has 4 atom stereocenters. The number of rotatable bonds is 4. The molecule has 2 aromatic rings. The van der Waals surface area contributed by atoms with E-state index in [-0.39, 0.29) is 0 Å². The van der Waals surface area contributed by atoms with E-state index in [1.54, 1.807) is 38.1 Å². The number of fused-ring (bicyclic) bond motifs is 1. The molecule has 0 saturated carbocycles. The number of nitrogens with two attached hydrogens (primary N) is 1. The summed E-state index contributed by atoms with van der Waals surface area (Å²) < 4.78 is 27.1. The Hall–Kier alpha value is -2.62. The van der Waals surface area contributed by atoms with Crippen molar-refractivity contribution in [1.29, 1.82) is 0 Å². The van der Waals surface area contributed by atoms with Gasteiger partial charge in [0.1, 0.15) is 23.5 Å². The van der Waals surface area contributed by atoms with Gasteiger partial charge in [0.25, 0.3) is 0 Å². The van der Waals surface area contributed by atoms with Crippen molar-refractivity contribution >= 4 is 17.1 Å². The molecule has 9 heteroatoms. The summed E-state index contributed by atoms with van der Waals surface area (Å²) in [4.78, 5) is 22.5. The Morgan fingerprint density at radius 3 is 2.67 bits per heavy atom. The van der Waals surface area contributed by atoms with E-state index in [4.69, 9.17) is 29.1 Å². The third kappa shape index (κ3) is 3.90. The van der Waals surface area contributed by atoms with Crippen molar-refractivity contribution in [2.24, 2.45) is 5.73 Å². The van der Waals surface area contributed by atoms with Gasteiger partial charge in [0.2, 0.25) is 6.29 Å². The normalized spacial score (nSPS) is 27.3. The zero-order chi connectivity index (χ0) is 19.8. The van der Waals surface area contributed by atoms with Crippen molar-refractivity contribution in [3.05, 3.63) is 40.8 Å². The Bertz CT molecular complexity index is 892. The Balaban J connectivity index is 1.91. The second-order valence-corrected chi connectivity index (χ2v) is 6.71. The third-order valence-electron chi connectivity index (χ3n) is 4.37. The molecule has 2 heterocycles. The lowest BCUT2D eigenvalue weighted by Gasteiger charge is -2.47. The number of ether oxygens (including phenoxy) is 4. The number of hydrogen-bond acceptors (Lipinski definition) is 8. The minimum absolute atomic E-state index is 0.360. The minimum Gasteiger partial charge on any atom is -0.461 e. The zero-order valence-corrected chi connectivity index (χ0v) is 15.1. The molecule has 0 radical (unpaired) electrons. The predicted octanol–water partition coefficient (Wildman–Crippen LogP) is 1.15. The molecule has 1 amide bonds. The van der Waals surface area contributed by atoms with Crippen LogP contribution in [-0.2, 0) is 14.2 Å². The molecule has 0 spiro atoms. The Morgan fingerprint density at radius 2 is 2.00 bits per heavy atom. The Morgan fingerprint density at radius 1 is 1.26 bits per heavy atom. The second-order valence-electron chi connectivity index (χ2n) is 6.71. The van der Waals surface area contributed by atoms with Crippen LogP contribution in [0.3, 0.4) is 0 Å². The highest BCUT2D eigenvalue weighted by Gasteiger charge is 2.52. The zero-order valence-electron chi connectivity index (χ0n) is 15.1. The highest BCUT2D eigenvalue weighted by molar-refractivity contribution is 5.77. The molecular formula is C18H21NO8. The largest absolute Gasteiger partial charge is 0.461 e. The van der Waals surface area contributed by atoms with Gasteiger partial charge in [0.15, 0.2) is 6.10 Å². The van der Waals surface area contributed by atoms with Crippen LogP contribution in [0.2, 0.25) is 0 Å². The smallest absolute Gasteiger partial charge is 0.405 e. The summed E-state index contributed by atoms with van der Waals surface area (Å²) in [5, 5.41) is 11.2. The monoisotopic (exact) mass is 379 g/mol. The molecule has 1 aliphatic heterocycles. The van der Waals surface area contributed by atoms with E-state index in [9.17, 15) is 14.7 Å². The van der Waals surface area contributed by atoms with E-state index in [0.29, 0.717) is 16.7 Å². The maximum atomic E-state index is 11.3. The lowest BCUT2D eigenvalue weighted by molar-refractivity contribution is -0.304. The first-order chi connectivity index (χ1) is 12.7. The number of aliphatic hydroxyl groups excluding tert-OH is 1. The summed E-state index contributed by atoms with van der Waals surface area (Å²) in [7, 11) is 1.42. The first-order valence-electron chi connectivity index (χ1n) is 8.26. The maximum absolute atomic E-state index is 11.3. The van der Waals surface area contributed by atoms with Gasteiger partial charge in [-0.25, -0.2) is 9.59 Å². The van der Waals surface area contributed by atoms with Gasteiger partial charge in [-0.15, -0.1) is 0 Å². The number of methoxy groups -OCH3 is 1. The summed E-state index contributed by atoms with van der Waals surface area (Å²) >= 11 is 0. The van der Waals surface area contributed by atoms with Gasteiger partial charge < -0.3 is 34.2 Å². The van der Waals surface area contributed by atoms with Crippen LogP contribution in [0.1, 0.15) is 13.8 Å². The summed E-state index contributed by atoms with van der Waals surface area (Å²) in [6, 6.07) is 7.64. The van der Waals surface area contributed by atoms with Gasteiger partial charge >= 0.3 is 11.7 Å². The van der Waals surface area contributed by atoms with Gasteiger partial charge in [-0.1, -0.05) is 0 Å². The van der Waals surface area contributed by atoms with E-state index in [2.05, 4.69) is 0 Å². The van der Waals surface area contributed by atoms with Gasteiger partial charge in [0, 0.05) is 18.6 Å². The summed E-state index contributed by atoms with van der Waals surface area (Å²) in [6.45, 7) is 3.44. The number of carbonyl (C=O) groups excluding carboxylic acids is 1. The Kier molecular flexibility index (Phi) is 5.09. The van der Waals surface area contributed by atoms with E-state index in [0.717, 1.165) is 0 Å². The van der Waals surface area contributed by atoms with Crippen LogP contribution in [0.25, 0.3) is 11.0 Å². The molecule has 27 heavy (non-hydrogen) atoms. The predicted molar refractivity (Wildman–Crippen MR) is 93.3 cm³/mol. The van der Waals surface area contributed by atoms with Crippen molar-refractivity contribution in [2.75, 3.05) is 7.11 Å². The van der Waals surface area contributed by atoms with Crippen molar-refractivity contribution < 1.29 is 33.3 Å². The lowest BCUT2D eigenvalue weighted by atomic mass is 9.89. The third-order valence-corrected chi connectivity index (χ3v) is 4.37. The molecule has 0 aliphatic carbocycles. The van der Waals surface area contributed by atoms with Crippen LogP contribution < -0.4 is 16.1 Å². The highest BCUT2D eigenvalue weighted by Crippen LogP contribution is 2.34. The van der Waals surface area contributed by atoms with Crippen LogP contribution >= 0.6 is 0 Å². The molecular weight excluding hydrogens is 358 g/mol. The van der Waals surface area contributed by atoms with Crippen LogP contribution in [0, 0.1) is 0 Å². The van der Waals surface area contributed by atoms with Crippen LogP contribution in [0.15, 0.2) is 39.5 Å². The molecule has 1 aliphatic rings. The molecule has 146 valence electrons. The molecule has 1 fully saturated rings. The van der Waals surface area contributed by atoms with Crippen molar-refractivity contribution in [3.8, 4) is 5.75 Å². The molecule has 9 nitrogen and oxygen atoms in total. The second kappa shape index (κ2) is 7.18. The average molecular weight is 379 g/mol. The number of hydrogen-bond donors (Lipinski definition) is 2. The standard InChI is InChI=1S/C18H21NO8/c1-18(2)15(23-3)13(21)14(26-17(19)22)16(27-18)24-10-5-6-11-9(8-10)4-7-12(20)25-11/h4-8,13-16,21H,1-3H3,(H2,19,22)/t13?,14?,15-,16?/m1/s1.